The zero-order valence-corrected chi connectivity index (χ0v) is 11.0. The van der Waals surface area contributed by atoms with Gasteiger partial charge in [-0.15, -0.1) is 0 Å². The molecular formula is C13H24N4. The first-order valence-electron chi connectivity index (χ1n) is 7.01. The third-order valence-corrected chi connectivity index (χ3v) is 4.33. The molecule has 17 heavy (non-hydrogen) atoms. The number of amidine groups is 1. The maximum atomic E-state index is 4.50. The third-order valence-electron chi connectivity index (χ3n) is 4.33. The number of piperazine rings is 1. The van der Waals surface area contributed by atoms with Crippen molar-refractivity contribution in [2.24, 2.45) is 4.99 Å². The minimum atomic E-state index is 0.705. The largest absolute Gasteiger partial charge is 0.371 e. The number of hydrogen-bond donors (Lipinski definition) is 1. The molecule has 2 unspecified atom stereocenters. The molecule has 4 heteroatoms. The van der Waals surface area contributed by atoms with Crippen LogP contribution in [0.3, 0.4) is 0 Å². The highest BCUT2D eigenvalue weighted by Gasteiger charge is 2.40. The molecule has 2 atom stereocenters. The summed E-state index contributed by atoms with van der Waals surface area (Å²) in [4.78, 5) is 9.84. The van der Waals surface area contributed by atoms with Crippen LogP contribution in [0, 0.1) is 0 Å². The van der Waals surface area contributed by atoms with Gasteiger partial charge in [-0.3, -0.25) is 14.8 Å². The molecular weight excluding hydrogens is 212 g/mol. The highest BCUT2D eigenvalue weighted by Crippen LogP contribution is 2.31. The van der Waals surface area contributed by atoms with E-state index in [2.05, 4.69) is 34.0 Å². The second-order valence-electron chi connectivity index (χ2n) is 5.88. The van der Waals surface area contributed by atoms with Crippen LogP contribution in [0.5, 0.6) is 0 Å². The van der Waals surface area contributed by atoms with Crippen molar-refractivity contribution >= 4 is 5.84 Å². The van der Waals surface area contributed by atoms with Crippen molar-refractivity contribution in [3.05, 3.63) is 0 Å². The van der Waals surface area contributed by atoms with E-state index in [1.807, 2.05) is 0 Å². The summed E-state index contributed by atoms with van der Waals surface area (Å²) in [6.45, 7) is 10.2. The Kier molecular flexibility index (Phi) is 3.09. The Morgan fingerprint density at radius 3 is 2.53 bits per heavy atom. The molecule has 0 spiro atoms. The summed E-state index contributed by atoms with van der Waals surface area (Å²) in [7, 11) is 0. The van der Waals surface area contributed by atoms with Crippen LogP contribution in [0.2, 0.25) is 0 Å². The van der Waals surface area contributed by atoms with Gasteiger partial charge in [0.25, 0.3) is 0 Å². The Labute approximate surface area is 104 Å². The zero-order valence-electron chi connectivity index (χ0n) is 11.0. The van der Waals surface area contributed by atoms with Gasteiger partial charge in [0, 0.05) is 37.8 Å². The fourth-order valence-corrected chi connectivity index (χ4v) is 3.76. The molecule has 2 fully saturated rings. The van der Waals surface area contributed by atoms with Crippen molar-refractivity contribution in [2.45, 2.75) is 44.8 Å². The Balaban J connectivity index is 1.61. The predicted octanol–water partition coefficient (Wildman–Crippen LogP) is 0.545. The predicted molar refractivity (Wildman–Crippen MR) is 70.5 cm³/mol. The van der Waals surface area contributed by atoms with Crippen LogP contribution in [0.25, 0.3) is 0 Å². The minimum Gasteiger partial charge on any atom is -0.371 e. The van der Waals surface area contributed by atoms with Crippen LogP contribution in [0.4, 0.5) is 0 Å². The summed E-state index contributed by atoms with van der Waals surface area (Å²) in [5.41, 5.74) is 0. The first-order chi connectivity index (χ1) is 8.24. The quantitative estimate of drug-likeness (QED) is 0.776. The van der Waals surface area contributed by atoms with E-state index in [-0.39, 0.29) is 0 Å². The van der Waals surface area contributed by atoms with Crippen molar-refractivity contribution in [1.82, 2.24) is 15.1 Å². The molecule has 3 aliphatic heterocycles. The second kappa shape index (κ2) is 4.58. The van der Waals surface area contributed by atoms with Gasteiger partial charge in [-0.1, -0.05) is 0 Å². The third kappa shape index (κ3) is 2.20. The van der Waals surface area contributed by atoms with Gasteiger partial charge in [-0.05, 0) is 26.7 Å². The van der Waals surface area contributed by atoms with Crippen molar-refractivity contribution in [3.8, 4) is 0 Å². The second-order valence-corrected chi connectivity index (χ2v) is 5.88. The fourth-order valence-electron chi connectivity index (χ4n) is 3.76. The average Bonchev–Trinajstić information content (AvgIpc) is 2.86. The molecule has 96 valence electrons. The van der Waals surface area contributed by atoms with Gasteiger partial charge in [0.1, 0.15) is 5.84 Å². The lowest BCUT2D eigenvalue weighted by molar-refractivity contribution is 0.0513. The van der Waals surface area contributed by atoms with Crippen molar-refractivity contribution in [3.63, 3.8) is 0 Å². The van der Waals surface area contributed by atoms with Crippen LogP contribution in [-0.4, -0.2) is 66.5 Å². The Hall–Kier alpha value is -0.610. The molecule has 2 saturated heterocycles. The van der Waals surface area contributed by atoms with Gasteiger partial charge in [0.05, 0.1) is 13.1 Å². The Morgan fingerprint density at radius 1 is 1.29 bits per heavy atom. The van der Waals surface area contributed by atoms with E-state index in [4.69, 9.17) is 0 Å². The molecule has 0 aliphatic carbocycles. The number of nitrogens with zero attached hydrogens (tertiary/aromatic N) is 3. The standard InChI is InChI=1S/C13H24N4/c1-10(2)17-11-3-4-12(17)8-16(7-11)9-13-14-5-6-15-13/h10-12H,3-9H2,1-2H3,(H,14,15). The molecule has 0 aromatic rings. The summed E-state index contributed by atoms with van der Waals surface area (Å²) in [5, 5.41) is 3.38. The summed E-state index contributed by atoms with van der Waals surface area (Å²) in [5.74, 6) is 1.21. The number of fused-ring (bicyclic) bond motifs is 2. The van der Waals surface area contributed by atoms with E-state index in [1.165, 1.54) is 31.8 Å². The first-order valence-corrected chi connectivity index (χ1v) is 7.01. The van der Waals surface area contributed by atoms with Crippen molar-refractivity contribution < 1.29 is 0 Å². The zero-order chi connectivity index (χ0) is 11.8. The molecule has 2 bridgehead atoms. The summed E-state index contributed by atoms with van der Waals surface area (Å²) in [6.07, 6.45) is 2.78. The van der Waals surface area contributed by atoms with E-state index < -0.39 is 0 Å². The lowest BCUT2D eigenvalue weighted by Gasteiger charge is -2.43. The molecule has 1 N–H and O–H groups in total. The molecule has 4 nitrogen and oxygen atoms in total. The molecule has 0 aromatic heterocycles. The van der Waals surface area contributed by atoms with Gasteiger partial charge < -0.3 is 5.32 Å². The van der Waals surface area contributed by atoms with E-state index in [9.17, 15) is 0 Å². The normalized spacial score (nSPS) is 34.2. The van der Waals surface area contributed by atoms with Crippen LogP contribution in [-0.2, 0) is 0 Å². The van der Waals surface area contributed by atoms with Gasteiger partial charge >= 0.3 is 0 Å². The molecule has 0 amide bonds. The van der Waals surface area contributed by atoms with Crippen LogP contribution < -0.4 is 5.32 Å². The number of aliphatic imine (C=N–C) groups is 1. The van der Waals surface area contributed by atoms with E-state index in [1.54, 1.807) is 0 Å². The van der Waals surface area contributed by atoms with Crippen LogP contribution in [0.15, 0.2) is 4.99 Å². The van der Waals surface area contributed by atoms with Crippen molar-refractivity contribution in [1.29, 1.82) is 0 Å². The summed E-state index contributed by atoms with van der Waals surface area (Å²) in [6, 6.07) is 2.28. The molecule has 0 radical (unpaired) electrons. The lowest BCUT2D eigenvalue weighted by Crippen LogP contribution is -2.57. The molecule has 0 aromatic carbocycles. The number of hydrogen-bond acceptors (Lipinski definition) is 4. The SMILES string of the molecule is CC(C)N1C2CCC1CN(CC1=NCCN1)C2. The van der Waals surface area contributed by atoms with Gasteiger partial charge in [-0.2, -0.15) is 0 Å². The molecule has 3 aliphatic rings. The van der Waals surface area contributed by atoms with E-state index in [0.717, 1.165) is 31.7 Å². The summed E-state index contributed by atoms with van der Waals surface area (Å²) < 4.78 is 0. The molecule has 3 rings (SSSR count). The van der Waals surface area contributed by atoms with E-state index >= 15 is 0 Å². The van der Waals surface area contributed by atoms with E-state index in [0.29, 0.717) is 6.04 Å². The smallest absolute Gasteiger partial charge is 0.111 e. The fraction of sp³-hybridized carbons (Fsp3) is 0.923. The topological polar surface area (TPSA) is 30.9 Å². The molecule has 0 saturated carbocycles. The minimum absolute atomic E-state index is 0.705. The van der Waals surface area contributed by atoms with Gasteiger partial charge in [0.2, 0.25) is 0 Å². The first kappa shape index (κ1) is 11.5. The Bertz CT molecular complexity index is 299. The maximum Gasteiger partial charge on any atom is 0.111 e. The Morgan fingerprint density at radius 2 is 2.00 bits per heavy atom. The maximum absolute atomic E-state index is 4.50. The molecule has 3 heterocycles. The summed E-state index contributed by atoms with van der Waals surface area (Å²) >= 11 is 0. The van der Waals surface area contributed by atoms with Crippen LogP contribution in [0.1, 0.15) is 26.7 Å². The number of nitrogens with one attached hydrogen (secondary N) is 1. The number of rotatable bonds is 3. The highest BCUT2D eigenvalue weighted by molar-refractivity contribution is 5.85. The van der Waals surface area contributed by atoms with Gasteiger partial charge in [0.15, 0.2) is 0 Å². The van der Waals surface area contributed by atoms with Crippen LogP contribution >= 0.6 is 0 Å². The monoisotopic (exact) mass is 236 g/mol. The highest BCUT2D eigenvalue weighted by atomic mass is 15.3. The number of likely N-dealkylation sites (tertiary alicyclic amines) is 1. The lowest BCUT2D eigenvalue weighted by atomic mass is 10.1. The van der Waals surface area contributed by atoms with Gasteiger partial charge in [-0.25, -0.2) is 0 Å². The average molecular weight is 236 g/mol. The van der Waals surface area contributed by atoms with Crippen molar-refractivity contribution in [2.75, 3.05) is 32.7 Å².